The third-order valence-electron chi connectivity index (χ3n) is 3.59. The summed E-state index contributed by atoms with van der Waals surface area (Å²) in [6, 6.07) is 6.29. The minimum Gasteiger partial charge on any atom is -0.437 e. The van der Waals surface area contributed by atoms with Crippen LogP contribution in [-0.2, 0) is 18.9 Å². The summed E-state index contributed by atoms with van der Waals surface area (Å²) in [6.07, 6.45) is 0.795. The lowest BCUT2D eigenvalue weighted by Crippen LogP contribution is -2.13. The van der Waals surface area contributed by atoms with Crippen LogP contribution in [0.15, 0.2) is 18.2 Å². The van der Waals surface area contributed by atoms with Crippen molar-refractivity contribution in [1.29, 1.82) is 0 Å². The molecule has 0 saturated carbocycles. The summed E-state index contributed by atoms with van der Waals surface area (Å²) in [6.45, 7) is 10.6. The number of hydrogen-bond donors (Lipinski definition) is 1. The number of benzene rings is 1. The Hall–Kier alpha value is -1.97. The average Bonchev–Trinajstić information content (AvgIpc) is 2.65. The number of rotatable bonds is 3. The van der Waals surface area contributed by atoms with Crippen LogP contribution in [0.3, 0.4) is 0 Å². The second-order valence-electron chi connectivity index (χ2n) is 6.49. The topological polar surface area (TPSA) is 53.1 Å². The van der Waals surface area contributed by atoms with Crippen LogP contribution in [0, 0.1) is 6.92 Å². The molecule has 4 nitrogen and oxygen atoms in total. The van der Waals surface area contributed by atoms with Crippen LogP contribution in [-0.4, -0.2) is 9.78 Å². The van der Waals surface area contributed by atoms with E-state index in [1.165, 1.54) is 0 Å². The van der Waals surface area contributed by atoms with Gasteiger partial charge in [-0.15, -0.1) is 0 Å². The third kappa shape index (κ3) is 3.04. The fourth-order valence-electron chi connectivity index (χ4n) is 2.40. The zero-order valence-corrected chi connectivity index (χ0v) is 13.8. The lowest BCUT2D eigenvalue weighted by atomic mass is 9.86. The molecule has 2 aromatic rings. The summed E-state index contributed by atoms with van der Waals surface area (Å²) in [4.78, 5) is 0. The Morgan fingerprint density at radius 2 is 1.95 bits per heavy atom. The van der Waals surface area contributed by atoms with Crippen LogP contribution >= 0.6 is 0 Å². The van der Waals surface area contributed by atoms with E-state index in [0.717, 1.165) is 29.0 Å². The molecule has 21 heavy (non-hydrogen) atoms. The van der Waals surface area contributed by atoms with Gasteiger partial charge in [0.1, 0.15) is 11.4 Å². The molecule has 0 aliphatic carbocycles. The number of aromatic nitrogens is 2. The molecular formula is C17H25N3O. The standard InChI is InChI=1S/C17H25N3O/c1-7-13-15(18)16(20(6)19-13)21-14-10-11(2)8-9-12(14)17(3,4)5/h8-10H,7,18H2,1-6H3. The highest BCUT2D eigenvalue weighted by atomic mass is 16.5. The average molecular weight is 287 g/mol. The van der Waals surface area contributed by atoms with Crippen LogP contribution < -0.4 is 10.5 Å². The van der Waals surface area contributed by atoms with E-state index in [-0.39, 0.29) is 5.41 Å². The zero-order chi connectivity index (χ0) is 15.8. The lowest BCUT2D eigenvalue weighted by molar-refractivity contribution is 0.415. The highest BCUT2D eigenvalue weighted by molar-refractivity contribution is 5.55. The number of anilines is 1. The number of nitrogens with zero attached hydrogens (tertiary/aromatic N) is 2. The van der Waals surface area contributed by atoms with Gasteiger partial charge in [-0.1, -0.05) is 39.8 Å². The minimum absolute atomic E-state index is 0.00394. The van der Waals surface area contributed by atoms with Crippen LogP contribution in [0.4, 0.5) is 5.69 Å². The van der Waals surface area contributed by atoms with E-state index in [1.54, 1.807) is 4.68 Å². The molecule has 1 aromatic heterocycles. The molecule has 0 amide bonds. The Balaban J connectivity index is 2.49. The van der Waals surface area contributed by atoms with Crippen LogP contribution in [0.2, 0.25) is 0 Å². The molecule has 0 aliphatic rings. The van der Waals surface area contributed by atoms with Crippen molar-refractivity contribution in [3.8, 4) is 11.6 Å². The van der Waals surface area contributed by atoms with Crippen molar-refractivity contribution >= 4 is 5.69 Å². The Morgan fingerprint density at radius 1 is 1.29 bits per heavy atom. The molecule has 2 N–H and O–H groups in total. The summed E-state index contributed by atoms with van der Waals surface area (Å²) in [5.41, 5.74) is 9.97. The molecule has 0 saturated heterocycles. The van der Waals surface area contributed by atoms with E-state index in [1.807, 2.05) is 14.0 Å². The normalized spacial score (nSPS) is 11.7. The molecular weight excluding hydrogens is 262 g/mol. The first-order valence-electron chi connectivity index (χ1n) is 7.34. The number of hydrogen-bond acceptors (Lipinski definition) is 3. The first-order chi connectivity index (χ1) is 9.74. The van der Waals surface area contributed by atoms with Gasteiger partial charge in [0.2, 0.25) is 5.88 Å². The van der Waals surface area contributed by atoms with Gasteiger partial charge in [0.15, 0.2) is 0 Å². The van der Waals surface area contributed by atoms with Crippen molar-refractivity contribution in [2.45, 2.75) is 46.5 Å². The van der Waals surface area contributed by atoms with E-state index >= 15 is 0 Å². The van der Waals surface area contributed by atoms with Crippen LogP contribution in [0.25, 0.3) is 0 Å². The highest BCUT2D eigenvalue weighted by Gasteiger charge is 2.22. The SMILES string of the molecule is CCc1nn(C)c(Oc2cc(C)ccc2C(C)(C)C)c1N. The van der Waals surface area contributed by atoms with Gasteiger partial charge in [-0.05, 0) is 30.4 Å². The fourth-order valence-corrected chi connectivity index (χ4v) is 2.40. The van der Waals surface area contributed by atoms with Crippen molar-refractivity contribution < 1.29 is 4.74 Å². The van der Waals surface area contributed by atoms with Gasteiger partial charge >= 0.3 is 0 Å². The smallest absolute Gasteiger partial charge is 0.241 e. The van der Waals surface area contributed by atoms with Crippen molar-refractivity contribution in [3.05, 3.63) is 35.0 Å². The molecule has 0 unspecified atom stereocenters. The monoisotopic (exact) mass is 287 g/mol. The molecule has 1 heterocycles. The number of ether oxygens (including phenoxy) is 1. The number of aryl methyl sites for hydroxylation is 3. The molecule has 114 valence electrons. The maximum absolute atomic E-state index is 6.15. The van der Waals surface area contributed by atoms with Gasteiger partial charge in [-0.3, -0.25) is 0 Å². The molecule has 0 atom stereocenters. The molecule has 0 radical (unpaired) electrons. The van der Waals surface area contributed by atoms with Crippen LogP contribution in [0.5, 0.6) is 11.6 Å². The van der Waals surface area contributed by atoms with E-state index in [9.17, 15) is 0 Å². The van der Waals surface area contributed by atoms with Gasteiger partial charge in [0, 0.05) is 12.6 Å². The second kappa shape index (κ2) is 5.43. The number of nitrogen functional groups attached to an aromatic ring is 1. The van der Waals surface area contributed by atoms with Crippen molar-refractivity contribution in [1.82, 2.24) is 9.78 Å². The summed E-state index contributed by atoms with van der Waals surface area (Å²) >= 11 is 0. The van der Waals surface area contributed by atoms with Gasteiger partial charge in [0.05, 0.1) is 5.69 Å². The lowest BCUT2D eigenvalue weighted by Gasteiger charge is -2.23. The quantitative estimate of drug-likeness (QED) is 0.929. The highest BCUT2D eigenvalue weighted by Crippen LogP contribution is 2.37. The van der Waals surface area contributed by atoms with Crippen molar-refractivity contribution in [2.75, 3.05) is 5.73 Å². The predicted molar refractivity (Wildman–Crippen MR) is 87.0 cm³/mol. The molecule has 1 aromatic carbocycles. The fraction of sp³-hybridized carbons (Fsp3) is 0.471. The van der Waals surface area contributed by atoms with E-state index in [0.29, 0.717) is 11.6 Å². The molecule has 4 heteroatoms. The largest absolute Gasteiger partial charge is 0.437 e. The van der Waals surface area contributed by atoms with Crippen LogP contribution in [0.1, 0.15) is 44.5 Å². The van der Waals surface area contributed by atoms with Crippen molar-refractivity contribution in [3.63, 3.8) is 0 Å². The van der Waals surface area contributed by atoms with Gasteiger partial charge in [0.25, 0.3) is 0 Å². The molecule has 0 spiro atoms. The third-order valence-corrected chi connectivity index (χ3v) is 3.59. The molecule has 0 aliphatic heterocycles. The number of nitrogens with two attached hydrogens (primary N) is 1. The Bertz CT molecular complexity index is 651. The second-order valence-corrected chi connectivity index (χ2v) is 6.49. The summed E-state index contributed by atoms with van der Waals surface area (Å²) in [5.74, 6) is 1.46. The summed E-state index contributed by atoms with van der Waals surface area (Å²) < 4.78 is 7.85. The maximum Gasteiger partial charge on any atom is 0.241 e. The Morgan fingerprint density at radius 3 is 2.48 bits per heavy atom. The van der Waals surface area contributed by atoms with Gasteiger partial charge in [-0.2, -0.15) is 5.10 Å². The summed E-state index contributed by atoms with van der Waals surface area (Å²) in [5, 5.41) is 4.41. The first-order valence-corrected chi connectivity index (χ1v) is 7.34. The first kappa shape index (κ1) is 15.4. The predicted octanol–water partition coefficient (Wildman–Crippen LogP) is 3.96. The van der Waals surface area contributed by atoms with Gasteiger partial charge < -0.3 is 10.5 Å². The van der Waals surface area contributed by atoms with E-state index in [4.69, 9.17) is 10.5 Å². The van der Waals surface area contributed by atoms with E-state index < -0.39 is 0 Å². The maximum atomic E-state index is 6.15. The molecule has 0 fully saturated rings. The zero-order valence-electron chi connectivity index (χ0n) is 13.8. The van der Waals surface area contributed by atoms with Crippen molar-refractivity contribution in [2.24, 2.45) is 7.05 Å². The molecule has 0 bridgehead atoms. The minimum atomic E-state index is 0.00394. The summed E-state index contributed by atoms with van der Waals surface area (Å²) in [7, 11) is 1.86. The Labute approximate surface area is 126 Å². The Kier molecular flexibility index (Phi) is 3.99. The molecule has 2 rings (SSSR count). The van der Waals surface area contributed by atoms with Gasteiger partial charge in [-0.25, -0.2) is 4.68 Å². The van der Waals surface area contributed by atoms with E-state index in [2.05, 4.69) is 51.0 Å².